The molecular weight excluding hydrogens is 398 g/mol. The minimum absolute atomic E-state index is 0.137. The van der Waals surface area contributed by atoms with E-state index in [1.54, 1.807) is 11.8 Å². The summed E-state index contributed by atoms with van der Waals surface area (Å²) in [5, 5.41) is 5.54. The summed E-state index contributed by atoms with van der Waals surface area (Å²) in [6.07, 6.45) is 2.10. The molecule has 2 N–H and O–H groups in total. The number of rotatable bonds is 6. The van der Waals surface area contributed by atoms with E-state index in [-0.39, 0.29) is 16.8 Å². The van der Waals surface area contributed by atoms with Gasteiger partial charge in [-0.25, -0.2) is 14.8 Å². The standard InChI is InChI=1S/C22H31N5O2S/c1-6-23-21(28)24-17-9-7-16(8-10-17)20-25-18(22(3,4)30-5)13-19(26-20)27-11-12-29-14-15(27)2/h7-10,13,15H,6,11-12,14H2,1-5H3,(H2,23,24,28)/t15-/m0/s1. The number of nitrogens with one attached hydrogen (secondary N) is 2. The fourth-order valence-corrected chi connectivity index (χ4v) is 3.54. The molecule has 8 heteroatoms. The van der Waals surface area contributed by atoms with Crippen LogP contribution >= 0.6 is 11.8 Å². The summed E-state index contributed by atoms with van der Waals surface area (Å²) in [6.45, 7) is 11.2. The highest BCUT2D eigenvalue weighted by molar-refractivity contribution is 7.99. The molecule has 2 heterocycles. The molecule has 0 saturated carbocycles. The van der Waals surface area contributed by atoms with Crippen LogP contribution in [0.25, 0.3) is 11.4 Å². The summed E-state index contributed by atoms with van der Waals surface area (Å²) in [5.41, 5.74) is 2.64. The number of urea groups is 1. The van der Waals surface area contributed by atoms with Crippen molar-refractivity contribution in [1.29, 1.82) is 0 Å². The van der Waals surface area contributed by atoms with E-state index in [1.807, 2.05) is 31.2 Å². The third-order valence-corrected chi connectivity index (χ3v) is 6.47. The van der Waals surface area contributed by atoms with Gasteiger partial charge in [0.05, 0.1) is 29.7 Å². The van der Waals surface area contributed by atoms with Gasteiger partial charge in [0.1, 0.15) is 5.82 Å². The molecule has 162 valence electrons. The average Bonchev–Trinajstić information content (AvgIpc) is 2.74. The lowest BCUT2D eigenvalue weighted by molar-refractivity contribution is 0.0985. The Morgan fingerprint density at radius 1 is 1.30 bits per heavy atom. The molecule has 0 radical (unpaired) electrons. The molecule has 1 aromatic carbocycles. The van der Waals surface area contributed by atoms with Crippen LogP contribution in [0, 0.1) is 0 Å². The lowest BCUT2D eigenvalue weighted by Gasteiger charge is -2.35. The van der Waals surface area contributed by atoms with Crippen LogP contribution in [0.1, 0.15) is 33.4 Å². The van der Waals surface area contributed by atoms with Crippen LogP contribution in [0.5, 0.6) is 0 Å². The Labute approximate surface area is 183 Å². The minimum Gasteiger partial charge on any atom is -0.377 e. The largest absolute Gasteiger partial charge is 0.377 e. The molecular formula is C22H31N5O2S. The predicted molar refractivity (Wildman–Crippen MR) is 124 cm³/mol. The fourth-order valence-electron chi connectivity index (χ4n) is 3.23. The first-order chi connectivity index (χ1) is 14.3. The van der Waals surface area contributed by atoms with E-state index in [4.69, 9.17) is 14.7 Å². The first-order valence-electron chi connectivity index (χ1n) is 10.3. The summed E-state index contributed by atoms with van der Waals surface area (Å²) in [7, 11) is 0. The van der Waals surface area contributed by atoms with Crippen LogP contribution in [0.2, 0.25) is 0 Å². The highest BCUT2D eigenvalue weighted by Crippen LogP contribution is 2.35. The maximum absolute atomic E-state index is 11.7. The lowest BCUT2D eigenvalue weighted by Crippen LogP contribution is -2.44. The summed E-state index contributed by atoms with van der Waals surface area (Å²) in [6, 6.07) is 9.78. The van der Waals surface area contributed by atoms with Gasteiger partial charge in [0.15, 0.2) is 5.82 Å². The Morgan fingerprint density at radius 3 is 2.67 bits per heavy atom. The number of thioether (sulfide) groups is 1. The molecule has 30 heavy (non-hydrogen) atoms. The van der Waals surface area contributed by atoms with E-state index in [9.17, 15) is 4.79 Å². The zero-order chi connectivity index (χ0) is 21.7. The van der Waals surface area contributed by atoms with E-state index in [0.29, 0.717) is 25.6 Å². The van der Waals surface area contributed by atoms with Crippen molar-refractivity contribution < 1.29 is 9.53 Å². The molecule has 1 saturated heterocycles. The minimum atomic E-state index is -0.214. The lowest BCUT2D eigenvalue weighted by atomic mass is 10.1. The van der Waals surface area contributed by atoms with E-state index in [1.165, 1.54) is 0 Å². The Kier molecular flexibility index (Phi) is 7.20. The first-order valence-corrected chi connectivity index (χ1v) is 11.5. The number of hydrogen-bond donors (Lipinski definition) is 2. The van der Waals surface area contributed by atoms with Gasteiger partial charge >= 0.3 is 6.03 Å². The third-order valence-electron chi connectivity index (χ3n) is 5.24. The number of morpholine rings is 1. The summed E-state index contributed by atoms with van der Waals surface area (Å²) >= 11 is 1.77. The van der Waals surface area contributed by atoms with Gasteiger partial charge in [0.2, 0.25) is 0 Å². The van der Waals surface area contributed by atoms with Crippen molar-refractivity contribution in [2.75, 3.05) is 42.8 Å². The van der Waals surface area contributed by atoms with E-state index < -0.39 is 0 Å². The van der Waals surface area contributed by atoms with Crippen molar-refractivity contribution in [3.05, 3.63) is 36.0 Å². The molecule has 1 aliphatic heterocycles. The van der Waals surface area contributed by atoms with E-state index in [0.717, 1.165) is 29.3 Å². The highest BCUT2D eigenvalue weighted by Gasteiger charge is 2.26. The van der Waals surface area contributed by atoms with Crippen LogP contribution in [-0.4, -0.2) is 54.6 Å². The molecule has 1 fully saturated rings. The predicted octanol–water partition coefficient (Wildman–Crippen LogP) is 4.11. The molecule has 0 spiro atoms. The molecule has 0 aliphatic carbocycles. The summed E-state index contributed by atoms with van der Waals surface area (Å²) in [4.78, 5) is 23.8. The fraction of sp³-hybridized carbons (Fsp3) is 0.500. The molecule has 1 aromatic heterocycles. The molecule has 0 bridgehead atoms. The van der Waals surface area contributed by atoms with Gasteiger partial charge in [-0.3, -0.25) is 0 Å². The van der Waals surface area contributed by atoms with E-state index in [2.05, 4.69) is 48.6 Å². The molecule has 1 aliphatic rings. The second-order valence-electron chi connectivity index (χ2n) is 7.83. The van der Waals surface area contributed by atoms with Gasteiger partial charge in [-0.05, 0) is 58.2 Å². The summed E-state index contributed by atoms with van der Waals surface area (Å²) in [5.74, 6) is 1.62. The smallest absolute Gasteiger partial charge is 0.319 e. The van der Waals surface area contributed by atoms with Crippen molar-refractivity contribution in [2.45, 2.75) is 38.5 Å². The zero-order valence-corrected chi connectivity index (χ0v) is 19.2. The normalized spacial score (nSPS) is 17.0. The number of aromatic nitrogens is 2. The number of amides is 2. The maximum atomic E-state index is 11.7. The highest BCUT2D eigenvalue weighted by atomic mass is 32.2. The molecule has 2 amide bonds. The molecule has 3 rings (SSSR count). The van der Waals surface area contributed by atoms with Crippen LogP contribution in [0.4, 0.5) is 16.3 Å². The molecule has 7 nitrogen and oxygen atoms in total. The average molecular weight is 430 g/mol. The van der Waals surface area contributed by atoms with Crippen LogP contribution < -0.4 is 15.5 Å². The second-order valence-corrected chi connectivity index (χ2v) is 9.26. The van der Waals surface area contributed by atoms with Gasteiger partial charge in [-0.1, -0.05) is 0 Å². The summed E-state index contributed by atoms with van der Waals surface area (Å²) < 4.78 is 5.46. The number of nitrogens with zero attached hydrogens (tertiary/aromatic N) is 3. The molecule has 1 atom stereocenters. The topological polar surface area (TPSA) is 79.4 Å². The Balaban J connectivity index is 1.96. The number of hydrogen-bond acceptors (Lipinski definition) is 6. The van der Waals surface area contributed by atoms with Gasteiger partial charge < -0.3 is 20.3 Å². The quantitative estimate of drug-likeness (QED) is 0.719. The number of anilines is 2. The van der Waals surface area contributed by atoms with Crippen molar-refractivity contribution in [3.8, 4) is 11.4 Å². The van der Waals surface area contributed by atoms with Crippen molar-refractivity contribution in [3.63, 3.8) is 0 Å². The van der Waals surface area contributed by atoms with Gasteiger partial charge in [0, 0.05) is 30.4 Å². The van der Waals surface area contributed by atoms with Gasteiger partial charge in [-0.15, -0.1) is 0 Å². The van der Waals surface area contributed by atoms with Gasteiger partial charge in [-0.2, -0.15) is 11.8 Å². The third kappa shape index (κ3) is 5.23. The Hall–Kier alpha value is -2.32. The SMILES string of the molecule is CCNC(=O)Nc1ccc(-c2nc(N3CCOC[C@@H]3C)cc(C(C)(C)SC)n2)cc1. The number of ether oxygens (including phenoxy) is 1. The van der Waals surface area contributed by atoms with Crippen LogP contribution in [-0.2, 0) is 9.48 Å². The van der Waals surface area contributed by atoms with Crippen molar-refractivity contribution in [2.24, 2.45) is 0 Å². The van der Waals surface area contributed by atoms with Crippen molar-refractivity contribution >= 4 is 29.3 Å². The first kappa shape index (κ1) is 22.4. The van der Waals surface area contributed by atoms with Crippen molar-refractivity contribution in [1.82, 2.24) is 15.3 Å². The monoisotopic (exact) mass is 429 g/mol. The Bertz CT molecular complexity index is 872. The number of carbonyl (C=O) groups is 1. The molecule has 2 aromatic rings. The molecule has 0 unspecified atom stereocenters. The maximum Gasteiger partial charge on any atom is 0.319 e. The zero-order valence-electron chi connectivity index (χ0n) is 18.4. The Morgan fingerprint density at radius 2 is 2.03 bits per heavy atom. The number of benzene rings is 1. The second kappa shape index (κ2) is 9.66. The van der Waals surface area contributed by atoms with Crippen LogP contribution in [0.3, 0.4) is 0 Å². The van der Waals surface area contributed by atoms with Gasteiger partial charge in [0.25, 0.3) is 0 Å². The van der Waals surface area contributed by atoms with E-state index >= 15 is 0 Å². The number of carbonyl (C=O) groups excluding carboxylic acids is 1. The van der Waals surface area contributed by atoms with Crippen LogP contribution in [0.15, 0.2) is 30.3 Å².